The van der Waals surface area contributed by atoms with E-state index in [1.165, 1.54) is 12.1 Å². The molecule has 0 amide bonds. The predicted octanol–water partition coefficient (Wildman–Crippen LogP) is 4.62. The molecule has 0 unspecified atom stereocenters. The summed E-state index contributed by atoms with van der Waals surface area (Å²) in [6, 6.07) is 10.4. The van der Waals surface area contributed by atoms with Gasteiger partial charge in [-0.15, -0.1) is 0 Å². The predicted molar refractivity (Wildman–Crippen MR) is 81.1 cm³/mol. The number of hydrogen-bond acceptors (Lipinski definition) is 2. The first-order valence-corrected chi connectivity index (χ1v) is 7.37. The van der Waals surface area contributed by atoms with E-state index in [2.05, 4.69) is 15.9 Å². The number of ether oxygens (including phenoxy) is 2. The third kappa shape index (κ3) is 3.31. The van der Waals surface area contributed by atoms with Gasteiger partial charge >= 0.3 is 0 Å². The van der Waals surface area contributed by atoms with E-state index in [-0.39, 0.29) is 5.82 Å². The Morgan fingerprint density at radius 1 is 1.15 bits per heavy atom. The van der Waals surface area contributed by atoms with Gasteiger partial charge in [-0.2, -0.15) is 0 Å². The van der Waals surface area contributed by atoms with Crippen LogP contribution in [-0.2, 0) is 11.9 Å². The van der Waals surface area contributed by atoms with E-state index in [0.717, 1.165) is 16.7 Å². The van der Waals surface area contributed by atoms with Crippen LogP contribution >= 0.6 is 15.9 Å². The third-order valence-electron chi connectivity index (χ3n) is 3.11. The Kier molecular flexibility index (Phi) is 5.01. The van der Waals surface area contributed by atoms with Crippen LogP contribution < -0.4 is 9.47 Å². The van der Waals surface area contributed by atoms with Gasteiger partial charge in [0, 0.05) is 10.9 Å². The fourth-order valence-electron chi connectivity index (χ4n) is 1.94. The van der Waals surface area contributed by atoms with Gasteiger partial charge in [-0.3, -0.25) is 0 Å². The summed E-state index contributed by atoms with van der Waals surface area (Å²) in [6.45, 7) is 2.25. The van der Waals surface area contributed by atoms with Crippen LogP contribution in [0.1, 0.15) is 16.7 Å². The summed E-state index contributed by atoms with van der Waals surface area (Å²) in [6.07, 6.45) is 0. The number of halogens is 2. The van der Waals surface area contributed by atoms with Crippen LogP contribution in [0.25, 0.3) is 0 Å². The third-order valence-corrected chi connectivity index (χ3v) is 3.71. The highest BCUT2D eigenvalue weighted by Crippen LogP contribution is 2.33. The fourth-order valence-corrected chi connectivity index (χ4v) is 2.38. The number of aryl methyl sites for hydroxylation is 1. The Bertz CT molecular complexity index is 577. The summed E-state index contributed by atoms with van der Waals surface area (Å²) < 4.78 is 24.4. The molecule has 0 fully saturated rings. The standard InChI is InChI=1S/C16H16BrFO2/c1-11-6-7-14(18)8-13(11)10-20-16-12(9-17)4-3-5-15(16)19-2/h3-8H,9-10H2,1-2H3. The molecule has 0 N–H and O–H groups in total. The lowest BCUT2D eigenvalue weighted by atomic mass is 10.1. The lowest BCUT2D eigenvalue weighted by Gasteiger charge is -2.15. The Labute approximate surface area is 126 Å². The number of benzene rings is 2. The van der Waals surface area contributed by atoms with E-state index >= 15 is 0 Å². The van der Waals surface area contributed by atoms with Crippen molar-refractivity contribution >= 4 is 15.9 Å². The van der Waals surface area contributed by atoms with E-state index in [9.17, 15) is 4.39 Å². The number of hydrogen-bond donors (Lipinski definition) is 0. The van der Waals surface area contributed by atoms with Gasteiger partial charge in [-0.25, -0.2) is 4.39 Å². The maximum atomic E-state index is 13.3. The average molecular weight is 339 g/mol. The maximum Gasteiger partial charge on any atom is 0.165 e. The van der Waals surface area contributed by atoms with E-state index in [1.54, 1.807) is 13.2 Å². The van der Waals surface area contributed by atoms with E-state index in [0.29, 0.717) is 23.4 Å². The Morgan fingerprint density at radius 2 is 1.95 bits per heavy atom. The molecule has 4 heteroatoms. The molecule has 0 aliphatic rings. The highest BCUT2D eigenvalue weighted by atomic mass is 79.9. The molecule has 0 heterocycles. The lowest BCUT2D eigenvalue weighted by Crippen LogP contribution is -2.02. The molecular weight excluding hydrogens is 323 g/mol. The maximum absolute atomic E-state index is 13.3. The van der Waals surface area contributed by atoms with Gasteiger partial charge < -0.3 is 9.47 Å². The largest absolute Gasteiger partial charge is 0.493 e. The van der Waals surface area contributed by atoms with Crippen molar-refractivity contribution in [3.05, 3.63) is 58.9 Å². The molecule has 0 aromatic heterocycles. The van der Waals surface area contributed by atoms with Crippen LogP contribution in [0.3, 0.4) is 0 Å². The molecule has 106 valence electrons. The van der Waals surface area contributed by atoms with Crippen molar-refractivity contribution in [3.63, 3.8) is 0 Å². The molecule has 0 aliphatic carbocycles. The van der Waals surface area contributed by atoms with Crippen molar-refractivity contribution in [2.24, 2.45) is 0 Å². The number of methoxy groups -OCH3 is 1. The Balaban J connectivity index is 2.24. The second-order valence-electron chi connectivity index (χ2n) is 4.44. The second kappa shape index (κ2) is 6.75. The van der Waals surface area contributed by atoms with Crippen LogP contribution in [0, 0.1) is 12.7 Å². The van der Waals surface area contributed by atoms with Crippen LogP contribution in [0.5, 0.6) is 11.5 Å². The molecule has 20 heavy (non-hydrogen) atoms. The molecule has 2 rings (SSSR count). The van der Waals surface area contributed by atoms with Crippen LogP contribution in [0.2, 0.25) is 0 Å². The van der Waals surface area contributed by atoms with Gasteiger partial charge in [0.25, 0.3) is 0 Å². The molecule has 0 spiro atoms. The molecule has 0 bridgehead atoms. The van der Waals surface area contributed by atoms with Crippen molar-refractivity contribution in [1.82, 2.24) is 0 Å². The molecule has 2 nitrogen and oxygen atoms in total. The monoisotopic (exact) mass is 338 g/mol. The summed E-state index contributed by atoms with van der Waals surface area (Å²) in [5.41, 5.74) is 2.83. The first-order chi connectivity index (χ1) is 9.65. The normalized spacial score (nSPS) is 10.4. The highest BCUT2D eigenvalue weighted by molar-refractivity contribution is 9.08. The van der Waals surface area contributed by atoms with Crippen LogP contribution in [-0.4, -0.2) is 7.11 Å². The fraction of sp³-hybridized carbons (Fsp3) is 0.250. The molecule has 0 saturated heterocycles. The quantitative estimate of drug-likeness (QED) is 0.741. The van der Waals surface area contributed by atoms with Gasteiger partial charge in [-0.1, -0.05) is 34.1 Å². The smallest absolute Gasteiger partial charge is 0.165 e. The first kappa shape index (κ1) is 14.9. The topological polar surface area (TPSA) is 18.5 Å². The van der Waals surface area contributed by atoms with Crippen molar-refractivity contribution < 1.29 is 13.9 Å². The summed E-state index contributed by atoms with van der Waals surface area (Å²) in [5.74, 6) is 1.11. The number of alkyl halides is 1. The summed E-state index contributed by atoms with van der Waals surface area (Å²) >= 11 is 3.43. The average Bonchev–Trinajstić information content (AvgIpc) is 2.47. The van der Waals surface area contributed by atoms with Crippen molar-refractivity contribution in [1.29, 1.82) is 0 Å². The minimum atomic E-state index is -0.255. The van der Waals surface area contributed by atoms with Gasteiger partial charge in [0.1, 0.15) is 12.4 Å². The van der Waals surface area contributed by atoms with Crippen molar-refractivity contribution in [2.75, 3.05) is 7.11 Å². The molecule has 0 aliphatic heterocycles. The Morgan fingerprint density at radius 3 is 2.65 bits per heavy atom. The van der Waals surface area contributed by atoms with Crippen molar-refractivity contribution in [2.45, 2.75) is 18.9 Å². The highest BCUT2D eigenvalue weighted by Gasteiger charge is 2.11. The minimum absolute atomic E-state index is 0.255. The molecular formula is C16H16BrFO2. The van der Waals surface area contributed by atoms with Gasteiger partial charge in [0.05, 0.1) is 7.11 Å². The van der Waals surface area contributed by atoms with Crippen LogP contribution in [0.15, 0.2) is 36.4 Å². The first-order valence-electron chi connectivity index (χ1n) is 6.25. The zero-order valence-electron chi connectivity index (χ0n) is 11.5. The van der Waals surface area contributed by atoms with Gasteiger partial charge in [0.2, 0.25) is 0 Å². The molecule has 0 saturated carbocycles. The van der Waals surface area contributed by atoms with E-state index in [4.69, 9.17) is 9.47 Å². The van der Waals surface area contributed by atoms with E-state index in [1.807, 2.05) is 25.1 Å². The summed E-state index contributed by atoms with van der Waals surface area (Å²) in [5, 5.41) is 0.668. The van der Waals surface area contributed by atoms with Crippen molar-refractivity contribution in [3.8, 4) is 11.5 Å². The van der Waals surface area contributed by atoms with E-state index < -0.39 is 0 Å². The molecule has 2 aromatic rings. The minimum Gasteiger partial charge on any atom is -0.493 e. The van der Waals surface area contributed by atoms with Crippen LogP contribution in [0.4, 0.5) is 4.39 Å². The summed E-state index contributed by atoms with van der Waals surface area (Å²) in [7, 11) is 1.60. The zero-order valence-corrected chi connectivity index (χ0v) is 13.0. The molecule has 0 atom stereocenters. The number of rotatable bonds is 5. The summed E-state index contributed by atoms with van der Waals surface area (Å²) in [4.78, 5) is 0. The van der Waals surface area contributed by atoms with Gasteiger partial charge in [-0.05, 0) is 36.2 Å². The van der Waals surface area contributed by atoms with Gasteiger partial charge in [0.15, 0.2) is 11.5 Å². The Hall–Kier alpha value is -1.55. The number of para-hydroxylation sites is 1. The molecule has 0 radical (unpaired) electrons. The second-order valence-corrected chi connectivity index (χ2v) is 5.00. The zero-order chi connectivity index (χ0) is 14.5. The SMILES string of the molecule is COc1cccc(CBr)c1OCc1cc(F)ccc1C. The molecule has 2 aromatic carbocycles. The lowest BCUT2D eigenvalue weighted by molar-refractivity contribution is 0.281.